The van der Waals surface area contributed by atoms with E-state index in [1.807, 2.05) is 17.0 Å². The van der Waals surface area contributed by atoms with Gasteiger partial charge in [0.2, 0.25) is 0 Å². The van der Waals surface area contributed by atoms with Crippen LogP contribution in [0.2, 0.25) is 0 Å². The second-order valence-electron chi connectivity index (χ2n) is 5.64. The molecule has 5 heteroatoms. The van der Waals surface area contributed by atoms with Gasteiger partial charge >= 0.3 is 0 Å². The molecule has 2 heterocycles. The topological polar surface area (TPSA) is 45.5 Å². The van der Waals surface area contributed by atoms with Crippen LogP contribution in [0.4, 0.5) is 0 Å². The van der Waals surface area contributed by atoms with E-state index in [4.69, 9.17) is 4.42 Å². The van der Waals surface area contributed by atoms with E-state index < -0.39 is 0 Å². The van der Waals surface area contributed by atoms with Crippen molar-refractivity contribution >= 4 is 29.3 Å². The number of piperazine rings is 1. The van der Waals surface area contributed by atoms with Gasteiger partial charge in [-0.15, -0.1) is 12.4 Å². The molecule has 0 saturated carbocycles. The number of nitrogens with zero attached hydrogens (tertiary/aromatic N) is 1. The van der Waals surface area contributed by atoms with Crippen molar-refractivity contribution in [2.75, 3.05) is 19.6 Å². The molecule has 1 saturated heterocycles. The van der Waals surface area contributed by atoms with Crippen LogP contribution in [0.15, 0.2) is 22.6 Å². The minimum absolute atomic E-state index is 0. The van der Waals surface area contributed by atoms with Crippen molar-refractivity contribution in [1.29, 1.82) is 0 Å². The number of nitrogens with one attached hydrogen (secondary N) is 1. The third kappa shape index (κ3) is 2.92. The van der Waals surface area contributed by atoms with Crippen molar-refractivity contribution in [1.82, 2.24) is 10.2 Å². The molecule has 1 aromatic carbocycles. The quantitative estimate of drug-likeness (QED) is 0.881. The van der Waals surface area contributed by atoms with Crippen LogP contribution in [0.1, 0.15) is 28.6 Å². The summed E-state index contributed by atoms with van der Waals surface area (Å²) in [4.78, 5) is 14.4. The van der Waals surface area contributed by atoms with Crippen LogP contribution < -0.4 is 5.32 Å². The largest absolute Gasteiger partial charge is 0.451 e. The molecule has 4 nitrogen and oxygen atoms in total. The molecule has 1 fully saturated rings. The Morgan fingerprint density at radius 1 is 1.29 bits per heavy atom. The number of fused-ring (bicyclic) bond motifs is 1. The van der Waals surface area contributed by atoms with Crippen LogP contribution in [0.3, 0.4) is 0 Å². The molecule has 1 aliphatic heterocycles. The highest BCUT2D eigenvalue weighted by Gasteiger charge is 2.26. The summed E-state index contributed by atoms with van der Waals surface area (Å²) < 4.78 is 5.76. The molecule has 1 aromatic heterocycles. The molecule has 0 bridgehead atoms. The minimum atomic E-state index is -0.00879. The molecule has 1 aliphatic rings. The number of carbonyl (C=O) groups is 1. The molecule has 0 aliphatic carbocycles. The summed E-state index contributed by atoms with van der Waals surface area (Å²) in [7, 11) is 0. The van der Waals surface area contributed by atoms with Crippen molar-refractivity contribution in [2.45, 2.75) is 26.8 Å². The summed E-state index contributed by atoms with van der Waals surface area (Å²) in [5.74, 6) is 0.434. The van der Waals surface area contributed by atoms with Crippen LogP contribution >= 0.6 is 12.4 Å². The normalized spacial score (nSPS) is 18.6. The van der Waals surface area contributed by atoms with Gasteiger partial charge in [-0.2, -0.15) is 0 Å². The van der Waals surface area contributed by atoms with Crippen LogP contribution in [0.25, 0.3) is 11.0 Å². The summed E-state index contributed by atoms with van der Waals surface area (Å²) >= 11 is 0. The molecule has 0 unspecified atom stereocenters. The highest BCUT2D eigenvalue weighted by molar-refractivity contribution is 5.96. The van der Waals surface area contributed by atoms with E-state index in [1.165, 1.54) is 11.1 Å². The van der Waals surface area contributed by atoms with Gasteiger partial charge in [-0.1, -0.05) is 0 Å². The lowest BCUT2D eigenvalue weighted by atomic mass is 10.1. The molecule has 0 spiro atoms. The lowest BCUT2D eigenvalue weighted by molar-refractivity contribution is 0.0625. The van der Waals surface area contributed by atoms with E-state index in [-0.39, 0.29) is 24.4 Å². The van der Waals surface area contributed by atoms with Crippen LogP contribution in [-0.2, 0) is 0 Å². The van der Waals surface area contributed by atoms with E-state index in [0.29, 0.717) is 5.76 Å². The predicted molar refractivity (Wildman–Crippen MR) is 86.3 cm³/mol. The Morgan fingerprint density at radius 2 is 2.00 bits per heavy atom. The number of rotatable bonds is 1. The fourth-order valence-corrected chi connectivity index (χ4v) is 2.69. The van der Waals surface area contributed by atoms with E-state index in [0.717, 1.165) is 30.6 Å². The van der Waals surface area contributed by atoms with E-state index >= 15 is 0 Å². The number of hydrogen-bond acceptors (Lipinski definition) is 3. The van der Waals surface area contributed by atoms with Gasteiger partial charge in [0.1, 0.15) is 5.58 Å². The Balaban J connectivity index is 0.00000161. The van der Waals surface area contributed by atoms with Crippen molar-refractivity contribution in [3.8, 4) is 0 Å². The van der Waals surface area contributed by atoms with Crippen molar-refractivity contribution in [3.05, 3.63) is 35.1 Å². The molecular formula is C16H21ClN2O2. The van der Waals surface area contributed by atoms with Gasteiger partial charge in [0.05, 0.1) is 0 Å². The maximum absolute atomic E-state index is 12.6. The molecule has 114 valence electrons. The Hall–Kier alpha value is -1.52. The first-order valence-corrected chi connectivity index (χ1v) is 7.09. The third-order valence-electron chi connectivity index (χ3n) is 4.11. The molecule has 2 aromatic rings. The standard InChI is InChI=1S/C16H20N2O2.ClH/c1-10-6-13-8-15(20-14(13)7-11(10)2)16(19)18-5-4-17-9-12(18)3;/h6-8,12,17H,4-5,9H2,1-3H3;1H/t12-;/m0./s1. The zero-order chi connectivity index (χ0) is 14.3. The molecule has 0 radical (unpaired) electrons. The lowest BCUT2D eigenvalue weighted by Crippen LogP contribution is -2.52. The molecule has 3 rings (SSSR count). The lowest BCUT2D eigenvalue weighted by Gasteiger charge is -2.33. The van der Waals surface area contributed by atoms with Crippen LogP contribution in [-0.4, -0.2) is 36.5 Å². The number of benzene rings is 1. The molecule has 1 atom stereocenters. The van der Waals surface area contributed by atoms with Crippen LogP contribution in [0.5, 0.6) is 0 Å². The van der Waals surface area contributed by atoms with E-state index in [9.17, 15) is 4.79 Å². The van der Waals surface area contributed by atoms with Crippen molar-refractivity contribution in [3.63, 3.8) is 0 Å². The zero-order valence-electron chi connectivity index (χ0n) is 12.6. The van der Waals surface area contributed by atoms with Gasteiger partial charge in [0.25, 0.3) is 5.91 Å². The summed E-state index contributed by atoms with van der Waals surface area (Å²) in [5, 5.41) is 4.29. The second kappa shape index (κ2) is 6.08. The molecule has 1 amide bonds. The highest BCUT2D eigenvalue weighted by Crippen LogP contribution is 2.24. The maximum atomic E-state index is 12.6. The Bertz CT molecular complexity index is 627. The monoisotopic (exact) mass is 308 g/mol. The zero-order valence-corrected chi connectivity index (χ0v) is 13.4. The third-order valence-corrected chi connectivity index (χ3v) is 4.11. The van der Waals surface area contributed by atoms with Gasteiger partial charge in [0.15, 0.2) is 5.76 Å². The van der Waals surface area contributed by atoms with Gasteiger partial charge in [-0.25, -0.2) is 0 Å². The van der Waals surface area contributed by atoms with Gasteiger partial charge in [-0.3, -0.25) is 4.79 Å². The summed E-state index contributed by atoms with van der Waals surface area (Å²) in [6.45, 7) is 8.59. The average Bonchev–Trinajstić information content (AvgIpc) is 2.82. The highest BCUT2D eigenvalue weighted by atomic mass is 35.5. The number of hydrogen-bond donors (Lipinski definition) is 1. The first-order valence-electron chi connectivity index (χ1n) is 7.09. The summed E-state index contributed by atoms with van der Waals surface area (Å²) in [6, 6.07) is 6.14. The maximum Gasteiger partial charge on any atom is 0.289 e. The molecule has 1 N–H and O–H groups in total. The SMILES string of the molecule is Cc1cc2cc(C(=O)N3CCNC[C@@H]3C)oc2cc1C.Cl. The Kier molecular flexibility index (Phi) is 4.59. The van der Waals surface area contributed by atoms with Gasteiger partial charge in [0, 0.05) is 31.1 Å². The van der Waals surface area contributed by atoms with Crippen molar-refractivity contribution < 1.29 is 9.21 Å². The number of amides is 1. The predicted octanol–water partition coefficient (Wildman–Crippen LogP) is 2.91. The van der Waals surface area contributed by atoms with Gasteiger partial charge in [-0.05, 0) is 50.1 Å². The van der Waals surface area contributed by atoms with Crippen molar-refractivity contribution in [2.24, 2.45) is 0 Å². The first kappa shape index (κ1) is 15.9. The average molecular weight is 309 g/mol. The number of furan rings is 1. The van der Waals surface area contributed by atoms with Crippen LogP contribution in [0, 0.1) is 13.8 Å². The molecule has 21 heavy (non-hydrogen) atoms. The second-order valence-corrected chi connectivity index (χ2v) is 5.64. The number of carbonyl (C=O) groups excluding carboxylic acids is 1. The fraction of sp³-hybridized carbons (Fsp3) is 0.438. The number of aryl methyl sites for hydroxylation is 2. The molecular weight excluding hydrogens is 288 g/mol. The van der Waals surface area contributed by atoms with E-state index in [2.05, 4.69) is 32.2 Å². The Labute approximate surface area is 130 Å². The smallest absolute Gasteiger partial charge is 0.289 e. The Morgan fingerprint density at radius 3 is 2.71 bits per heavy atom. The first-order chi connectivity index (χ1) is 9.56. The van der Waals surface area contributed by atoms with Gasteiger partial charge < -0.3 is 14.6 Å². The summed E-state index contributed by atoms with van der Waals surface area (Å²) in [6.07, 6.45) is 0. The summed E-state index contributed by atoms with van der Waals surface area (Å²) in [5.41, 5.74) is 3.19. The fourth-order valence-electron chi connectivity index (χ4n) is 2.69. The minimum Gasteiger partial charge on any atom is -0.451 e. The number of halogens is 1. The van der Waals surface area contributed by atoms with E-state index in [1.54, 1.807) is 0 Å².